The van der Waals surface area contributed by atoms with Gasteiger partial charge >= 0.3 is 5.97 Å². The lowest BCUT2D eigenvalue weighted by Crippen LogP contribution is -2.47. The van der Waals surface area contributed by atoms with E-state index in [4.69, 9.17) is 0 Å². The first-order valence-electron chi connectivity index (χ1n) is 6.62. The maximum absolute atomic E-state index is 12.4. The third-order valence-corrected chi connectivity index (χ3v) is 4.32. The molecule has 1 amide bonds. The van der Waals surface area contributed by atoms with Gasteiger partial charge in [0.15, 0.2) is 0 Å². The average molecular weight is 282 g/mol. The van der Waals surface area contributed by atoms with Crippen LogP contribution in [-0.4, -0.2) is 39.5 Å². The van der Waals surface area contributed by atoms with Crippen molar-refractivity contribution >= 4 is 23.2 Å². The van der Waals surface area contributed by atoms with E-state index in [0.29, 0.717) is 17.8 Å². The van der Waals surface area contributed by atoms with Gasteiger partial charge in [-0.2, -0.15) is 0 Å². The zero-order valence-electron chi connectivity index (χ0n) is 11.0. The highest BCUT2D eigenvalue weighted by Crippen LogP contribution is 2.23. The van der Waals surface area contributed by atoms with Crippen LogP contribution in [0.1, 0.15) is 47.3 Å². The van der Waals surface area contributed by atoms with Gasteiger partial charge < -0.3 is 10.0 Å². The Morgan fingerprint density at radius 1 is 1.53 bits per heavy atom. The van der Waals surface area contributed by atoms with Crippen LogP contribution in [0.25, 0.3) is 0 Å². The lowest BCUT2D eigenvalue weighted by Gasteiger charge is -2.32. The predicted octanol–water partition coefficient (Wildman–Crippen LogP) is 2.17. The van der Waals surface area contributed by atoms with E-state index >= 15 is 0 Å². The Balaban J connectivity index is 2.14. The molecule has 0 saturated carbocycles. The summed E-state index contributed by atoms with van der Waals surface area (Å²) in [5.41, 5.74) is 0. The number of hydrogen-bond acceptors (Lipinski definition) is 4. The molecule has 0 radical (unpaired) electrons. The minimum atomic E-state index is -0.911. The molecule has 5 nitrogen and oxygen atoms in total. The van der Waals surface area contributed by atoms with Gasteiger partial charge in [0, 0.05) is 6.54 Å². The number of aliphatic carboxylic acids is 1. The highest BCUT2D eigenvalue weighted by atomic mass is 32.1. The molecule has 1 aliphatic heterocycles. The third kappa shape index (κ3) is 3.12. The minimum absolute atomic E-state index is 0.188. The number of aryl methyl sites for hydroxylation is 1. The van der Waals surface area contributed by atoms with Gasteiger partial charge in [-0.3, -0.25) is 4.79 Å². The highest BCUT2D eigenvalue weighted by Gasteiger charge is 2.33. The van der Waals surface area contributed by atoms with E-state index in [1.54, 1.807) is 6.20 Å². The molecule has 1 saturated heterocycles. The van der Waals surface area contributed by atoms with Gasteiger partial charge in [-0.25, -0.2) is 9.78 Å². The van der Waals surface area contributed by atoms with E-state index in [1.165, 1.54) is 16.2 Å². The maximum atomic E-state index is 12.4. The van der Waals surface area contributed by atoms with Gasteiger partial charge in [-0.15, -0.1) is 11.3 Å². The van der Waals surface area contributed by atoms with Crippen molar-refractivity contribution in [3.63, 3.8) is 0 Å². The van der Waals surface area contributed by atoms with Crippen molar-refractivity contribution < 1.29 is 14.7 Å². The fraction of sp³-hybridized carbons (Fsp3) is 0.615. The number of carboxylic acid groups (broad SMARTS) is 1. The number of amides is 1. The zero-order valence-corrected chi connectivity index (χ0v) is 11.8. The molecule has 2 rings (SSSR count). The van der Waals surface area contributed by atoms with Crippen molar-refractivity contribution in [1.82, 2.24) is 9.88 Å². The quantitative estimate of drug-likeness (QED) is 0.918. The van der Waals surface area contributed by atoms with Gasteiger partial charge in [0.25, 0.3) is 5.91 Å². The van der Waals surface area contributed by atoms with Crippen LogP contribution in [0.4, 0.5) is 0 Å². The third-order valence-electron chi connectivity index (χ3n) is 3.28. The van der Waals surface area contributed by atoms with Crippen LogP contribution in [0.2, 0.25) is 0 Å². The summed E-state index contributed by atoms with van der Waals surface area (Å²) < 4.78 is 0. The van der Waals surface area contributed by atoms with E-state index < -0.39 is 12.0 Å². The molecule has 0 bridgehead atoms. The molecule has 1 aromatic rings. The number of carboxylic acids is 1. The first-order chi connectivity index (χ1) is 9.13. The molecule has 1 aromatic heterocycles. The molecule has 104 valence electrons. The number of thiazole rings is 1. The van der Waals surface area contributed by atoms with Crippen LogP contribution < -0.4 is 0 Å². The number of piperidine rings is 1. The second kappa shape index (κ2) is 6.14. The van der Waals surface area contributed by atoms with Crippen LogP contribution in [-0.2, 0) is 11.2 Å². The minimum Gasteiger partial charge on any atom is -0.480 e. The Bertz CT molecular complexity index is 472. The first-order valence-corrected chi connectivity index (χ1v) is 7.43. The molecule has 0 unspecified atom stereocenters. The molecule has 19 heavy (non-hydrogen) atoms. The standard InChI is InChI=1S/C13H18N2O3S/c1-2-5-11-14-8-10(19-11)12(16)15-7-4-3-6-9(15)13(17)18/h8-9H,2-7H2,1H3,(H,17,18)/t9-/m1/s1. The number of carbonyl (C=O) groups is 2. The van der Waals surface area contributed by atoms with Crippen molar-refractivity contribution in [1.29, 1.82) is 0 Å². The van der Waals surface area contributed by atoms with Crippen molar-refractivity contribution in [3.8, 4) is 0 Å². The molecule has 1 atom stereocenters. The van der Waals surface area contributed by atoms with Gasteiger partial charge in [0.2, 0.25) is 0 Å². The Kier molecular flexibility index (Phi) is 4.52. The van der Waals surface area contributed by atoms with E-state index in [0.717, 1.165) is 30.7 Å². The summed E-state index contributed by atoms with van der Waals surface area (Å²) in [5, 5.41) is 10.1. The molecular weight excluding hydrogens is 264 g/mol. The summed E-state index contributed by atoms with van der Waals surface area (Å²) in [6, 6.07) is -0.682. The monoisotopic (exact) mass is 282 g/mol. The van der Waals surface area contributed by atoms with Crippen molar-refractivity contribution in [3.05, 3.63) is 16.1 Å². The average Bonchev–Trinajstić information content (AvgIpc) is 2.87. The predicted molar refractivity (Wildman–Crippen MR) is 72.4 cm³/mol. The molecule has 1 aliphatic rings. The number of aromatic nitrogens is 1. The molecule has 1 fully saturated rings. The van der Waals surface area contributed by atoms with E-state index in [9.17, 15) is 14.7 Å². The second-order valence-corrected chi connectivity index (χ2v) is 5.83. The van der Waals surface area contributed by atoms with Crippen LogP contribution in [0.3, 0.4) is 0 Å². The number of hydrogen-bond donors (Lipinski definition) is 1. The summed E-state index contributed by atoms with van der Waals surface area (Å²) in [4.78, 5) is 29.8. The fourth-order valence-corrected chi connectivity index (χ4v) is 3.29. The Hall–Kier alpha value is -1.43. The van der Waals surface area contributed by atoms with Crippen LogP contribution in [0.15, 0.2) is 6.20 Å². The summed E-state index contributed by atoms with van der Waals surface area (Å²) >= 11 is 1.38. The summed E-state index contributed by atoms with van der Waals surface area (Å²) in [7, 11) is 0. The molecule has 0 spiro atoms. The van der Waals surface area contributed by atoms with Gasteiger partial charge in [-0.1, -0.05) is 6.92 Å². The van der Waals surface area contributed by atoms with E-state index in [1.807, 2.05) is 0 Å². The largest absolute Gasteiger partial charge is 0.480 e. The topological polar surface area (TPSA) is 70.5 Å². The fourth-order valence-electron chi connectivity index (χ4n) is 2.31. The zero-order chi connectivity index (χ0) is 13.8. The van der Waals surface area contributed by atoms with Crippen LogP contribution in [0.5, 0.6) is 0 Å². The van der Waals surface area contributed by atoms with Crippen molar-refractivity contribution in [2.24, 2.45) is 0 Å². The smallest absolute Gasteiger partial charge is 0.326 e. The van der Waals surface area contributed by atoms with Gasteiger partial charge in [0.05, 0.1) is 11.2 Å². The molecular formula is C13H18N2O3S. The molecule has 0 aliphatic carbocycles. The van der Waals surface area contributed by atoms with Crippen molar-refractivity contribution in [2.75, 3.05) is 6.54 Å². The maximum Gasteiger partial charge on any atom is 0.326 e. The molecule has 1 N–H and O–H groups in total. The number of carbonyl (C=O) groups excluding carboxylic acids is 1. The summed E-state index contributed by atoms with van der Waals surface area (Å²) in [5.74, 6) is -1.10. The lowest BCUT2D eigenvalue weighted by molar-refractivity contribution is -0.143. The molecule has 6 heteroatoms. The van der Waals surface area contributed by atoms with Gasteiger partial charge in [0.1, 0.15) is 10.9 Å². The van der Waals surface area contributed by atoms with Crippen molar-refractivity contribution in [2.45, 2.75) is 45.1 Å². The molecule has 0 aromatic carbocycles. The summed E-state index contributed by atoms with van der Waals surface area (Å²) in [6.07, 6.45) is 5.71. The van der Waals surface area contributed by atoms with Crippen LogP contribution >= 0.6 is 11.3 Å². The van der Waals surface area contributed by atoms with E-state index in [-0.39, 0.29) is 5.91 Å². The summed E-state index contributed by atoms with van der Waals surface area (Å²) in [6.45, 7) is 2.59. The van der Waals surface area contributed by atoms with E-state index in [2.05, 4.69) is 11.9 Å². The number of likely N-dealkylation sites (tertiary alicyclic amines) is 1. The number of nitrogens with zero attached hydrogens (tertiary/aromatic N) is 2. The SMILES string of the molecule is CCCc1ncc(C(=O)N2CCCC[C@@H]2C(=O)O)s1. The Morgan fingerprint density at radius 3 is 3.00 bits per heavy atom. The highest BCUT2D eigenvalue weighted by molar-refractivity contribution is 7.13. The Morgan fingerprint density at radius 2 is 2.32 bits per heavy atom. The second-order valence-electron chi connectivity index (χ2n) is 4.72. The van der Waals surface area contributed by atoms with Gasteiger partial charge in [-0.05, 0) is 32.1 Å². The number of rotatable bonds is 4. The lowest BCUT2D eigenvalue weighted by atomic mass is 10.0. The molecule has 2 heterocycles. The Labute approximate surface area is 116 Å². The van der Waals surface area contributed by atoms with Crippen LogP contribution in [0, 0.1) is 0 Å². The normalized spacial score (nSPS) is 19.4. The first kappa shape index (κ1) is 14.0.